The fraction of sp³-hybridized carbons (Fsp3) is 0.600. The topological polar surface area (TPSA) is 30.5 Å². The molecular weight excluding hydrogens is 226 g/mol. The van der Waals surface area contributed by atoms with Crippen LogP contribution >= 0.6 is 0 Å². The first kappa shape index (κ1) is 14.8. The summed E-state index contributed by atoms with van der Waals surface area (Å²) in [6.45, 7) is 9.99. The lowest BCUT2D eigenvalue weighted by atomic mass is 10.0. The third-order valence-corrected chi connectivity index (χ3v) is 3.21. The van der Waals surface area contributed by atoms with Crippen molar-refractivity contribution in [3.05, 3.63) is 23.8 Å². The molecule has 0 heterocycles. The van der Waals surface area contributed by atoms with Gasteiger partial charge in [0.2, 0.25) is 0 Å². The van der Waals surface area contributed by atoms with E-state index in [2.05, 4.69) is 32.2 Å². The minimum absolute atomic E-state index is 0.132. The average Bonchev–Trinajstić information content (AvgIpc) is 2.37. The van der Waals surface area contributed by atoms with E-state index in [0.29, 0.717) is 6.61 Å². The number of hydrogen-bond donors (Lipinski definition) is 1. The maximum atomic E-state index is 5.57. The number of rotatable bonds is 7. The Balaban J connectivity index is 2.85. The van der Waals surface area contributed by atoms with E-state index in [1.807, 2.05) is 19.1 Å². The van der Waals surface area contributed by atoms with Gasteiger partial charge < -0.3 is 14.8 Å². The summed E-state index contributed by atoms with van der Waals surface area (Å²) in [4.78, 5) is 0. The minimum Gasteiger partial charge on any atom is -0.493 e. The highest BCUT2D eigenvalue weighted by Crippen LogP contribution is 2.31. The van der Waals surface area contributed by atoms with Crippen LogP contribution in [0.1, 0.15) is 39.7 Å². The molecule has 0 radical (unpaired) electrons. The molecule has 0 aliphatic carbocycles. The van der Waals surface area contributed by atoms with Gasteiger partial charge in [-0.1, -0.05) is 19.1 Å². The van der Waals surface area contributed by atoms with Gasteiger partial charge in [-0.05, 0) is 33.3 Å². The molecule has 0 atom stereocenters. The van der Waals surface area contributed by atoms with Crippen LogP contribution < -0.4 is 14.8 Å². The Kier molecular flexibility index (Phi) is 5.48. The van der Waals surface area contributed by atoms with Crippen LogP contribution in [0.25, 0.3) is 0 Å². The highest BCUT2D eigenvalue weighted by atomic mass is 16.5. The highest BCUT2D eigenvalue weighted by molar-refractivity contribution is 5.46. The van der Waals surface area contributed by atoms with Gasteiger partial charge in [0.1, 0.15) is 0 Å². The maximum Gasteiger partial charge on any atom is 0.165 e. The second-order valence-electron chi connectivity index (χ2n) is 4.97. The predicted molar refractivity (Wildman–Crippen MR) is 75.4 cm³/mol. The molecule has 0 aliphatic heterocycles. The molecule has 1 aromatic carbocycles. The predicted octanol–water partition coefficient (Wildman–Crippen LogP) is 3.37. The zero-order chi connectivity index (χ0) is 13.6. The largest absolute Gasteiger partial charge is 0.493 e. The molecule has 18 heavy (non-hydrogen) atoms. The van der Waals surface area contributed by atoms with Gasteiger partial charge in [-0.15, -0.1) is 0 Å². The molecule has 0 amide bonds. The zero-order valence-corrected chi connectivity index (χ0v) is 12.2. The lowest BCUT2D eigenvalue weighted by Crippen LogP contribution is -2.37. The number of nitrogens with one attached hydrogen (secondary N) is 1. The van der Waals surface area contributed by atoms with Crippen LogP contribution in [0.5, 0.6) is 11.5 Å². The normalized spacial score (nSPS) is 11.4. The zero-order valence-electron chi connectivity index (χ0n) is 12.2. The second kappa shape index (κ2) is 6.64. The van der Waals surface area contributed by atoms with Gasteiger partial charge in [0.25, 0.3) is 0 Å². The van der Waals surface area contributed by atoms with E-state index < -0.39 is 0 Å². The molecule has 0 aliphatic rings. The molecular formula is C15H25NO2. The summed E-state index contributed by atoms with van der Waals surface area (Å²) in [5.41, 5.74) is 1.26. The van der Waals surface area contributed by atoms with Gasteiger partial charge in [-0.25, -0.2) is 0 Å². The van der Waals surface area contributed by atoms with Crippen molar-refractivity contribution in [3.8, 4) is 11.5 Å². The smallest absolute Gasteiger partial charge is 0.165 e. The van der Waals surface area contributed by atoms with Crippen molar-refractivity contribution in [1.82, 2.24) is 5.32 Å². The summed E-state index contributed by atoms with van der Waals surface area (Å²) < 4.78 is 11.0. The summed E-state index contributed by atoms with van der Waals surface area (Å²) >= 11 is 0. The molecule has 0 spiro atoms. The molecule has 1 aromatic rings. The minimum atomic E-state index is 0.132. The van der Waals surface area contributed by atoms with Crippen LogP contribution in [0.4, 0.5) is 0 Å². The molecule has 1 N–H and O–H groups in total. The first-order valence-electron chi connectivity index (χ1n) is 6.57. The maximum absolute atomic E-state index is 5.57. The SMILES string of the molecule is CCOc1cccc(CNC(C)(C)CC)c1OC. The van der Waals surface area contributed by atoms with Crippen molar-refractivity contribution in [1.29, 1.82) is 0 Å². The molecule has 0 aromatic heterocycles. The van der Waals surface area contributed by atoms with Gasteiger partial charge in [0, 0.05) is 17.6 Å². The van der Waals surface area contributed by atoms with Crippen molar-refractivity contribution >= 4 is 0 Å². The van der Waals surface area contributed by atoms with E-state index in [1.54, 1.807) is 7.11 Å². The Morgan fingerprint density at radius 3 is 2.50 bits per heavy atom. The summed E-state index contributed by atoms with van der Waals surface area (Å²) in [5.74, 6) is 1.65. The molecule has 0 bridgehead atoms. The first-order valence-corrected chi connectivity index (χ1v) is 6.57. The van der Waals surface area contributed by atoms with Crippen LogP contribution in [0.15, 0.2) is 18.2 Å². The van der Waals surface area contributed by atoms with Crippen LogP contribution in [-0.2, 0) is 6.54 Å². The highest BCUT2D eigenvalue weighted by Gasteiger charge is 2.16. The standard InChI is InChI=1S/C15H25NO2/c1-6-15(3,4)16-11-12-9-8-10-13(18-7-2)14(12)17-5/h8-10,16H,6-7,11H2,1-5H3. The van der Waals surface area contributed by atoms with Crippen LogP contribution in [0.2, 0.25) is 0 Å². The van der Waals surface area contributed by atoms with Crippen LogP contribution in [0, 0.1) is 0 Å². The summed E-state index contributed by atoms with van der Waals surface area (Å²) in [5, 5.41) is 3.53. The Morgan fingerprint density at radius 1 is 1.22 bits per heavy atom. The number of ether oxygens (including phenoxy) is 2. The van der Waals surface area contributed by atoms with E-state index in [-0.39, 0.29) is 5.54 Å². The molecule has 0 unspecified atom stereocenters. The van der Waals surface area contributed by atoms with Gasteiger partial charge in [-0.2, -0.15) is 0 Å². The number of methoxy groups -OCH3 is 1. The number of hydrogen-bond acceptors (Lipinski definition) is 3. The third kappa shape index (κ3) is 3.91. The molecule has 3 heteroatoms. The van der Waals surface area contributed by atoms with E-state index in [9.17, 15) is 0 Å². The van der Waals surface area contributed by atoms with E-state index in [1.165, 1.54) is 0 Å². The molecule has 0 saturated heterocycles. The Bertz CT molecular complexity index is 375. The lowest BCUT2D eigenvalue weighted by Gasteiger charge is -2.25. The monoisotopic (exact) mass is 251 g/mol. The Hall–Kier alpha value is -1.22. The number of benzene rings is 1. The summed E-state index contributed by atoms with van der Waals surface area (Å²) in [6.07, 6.45) is 1.08. The quantitative estimate of drug-likeness (QED) is 0.806. The van der Waals surface area contributed by atoms with Crippen molar-refractivity contribution in [3.63, 3.8) is 0 Å². The number of para-hydroxylation sites is 1. The van der Waals surface area contributed by atoms with E-state index in [4.69, 9.17) is 9.47 Å². The Morgan fingerprint density at radius 2 is 1.94 bits per heavy atom. The first-order chi connectivity index (χ1) is 8.54. The van der Waals surface area contributed by atoms with Gasteiger partial charge in [0.05, 0.1) is 13.7 Å². The fourth-order valence-electron chi connectivity index (χ4n) is 1.66. The second-order valence-corrected chi connectivity index (χ2v) is 4.97. The molecule has 0 saturated carbocycles. The van der Waals surface area contributed by atoms with Crippen molar-refractivity contribution in [2.75, 3.05) is 13.7 Å². The average molecular weight is 251 g/mol. The van der Waals surface area contributed by atoms with Crippen molar-refractivity contribution in [2.45, 2.75) is 46.2 Å². The van der Waals surface area contributed by atoms with E-state index >= 15 is 0 Å². The molecule has 3 nitrogen and oxygen atoms in total. The third-order valence-electron chi connectivity index (χ3n) is 3.21. The van der Waals surface area contributed by atoms with E-state index in [0.717, 1.165) is 30.0 Å². The van der Waals surface area contributed by atoms with Gasteiger partial charge >= 0.3 is 0 Å². The van der Waals surface area contributed by atoms with Gasteiger partial charge in [0.15, 0.2) is 11.5 Å². The van der Waals surface area contributed by atoms with Crippen molar-refractivity contribution < 1.29 is 9.47 Å². The molecule has 102 valence electrons. The van der Waals surface area contributed by atoms with Gasteiger partial charge in [-0.3, -0.25) is 0 Å². The van der Waals surface area contributed by atoms with Crippen molar-refractivity contribution in [2.24, 2.45) is 0 Å². The summed E-state index contributed by atoms with van der Waals surface area (Å²) in [7, 11) is 1.69. The Labute approximate surface area is 110 Å². The summed E-state index contributed by atoms with van der Waals surface area (Å²) in [6, 6.07) is 6.01. The molecule has 0 fully saturated rings. The van der Waals surface area contributed by atoms with Crippen LogP contribution in [-0.4, -0.2) is 19.3 Å². The lowest BCUT2D eigenvalue weighted by molar-refractivity contribution is 0.306. The fourth-order valence-corrected chi connectivity index (χ4v) is 1.66. The van der Waals surface area contributed by atoms with Crippen LogP contribution in [0.3, 0.4) is 0 Å². The molecule has 1 rings (SSSR count).